The van der Waals surface area contributed by atoms with Crippen molar-refractivity contribution in [2.45, 2.75) is 43.7 Å². The van der Waals surface area contributed by atoms with Crippen molar-refractivity contribution >= 4 is 29.3 Å². The Kier molecular flexibility index (Phi) is 4.20. The second kappa shape index (κ2) is 6.29. The van der Waals surface area contributed by atoms with Crippen molar-refractivity contribution in [1.29, 1.82) is 0 Å². The highest BCUT2D eigenvalue weighted by molar-refractivity contribution is 6.31. The second-order valence-corrected chi connectivity index (χ2v) is 8.71. The van der Waals surface area contributed by atoms with Crippen molar-refractivity contribution in [2.24, 2.45) is 0 Å². The molecule has 3 atom stereocenters. The highest BCUT2D eigenvalue weighted by Crippen LogP contribution is 2.67. The van der Waals surface area contributed by atoms with Gasteiger partial charge >= 0.3 is 6.09 Å². The Morgan fingerprint density at radius 2 is 1.86 bits per heavy atom. The molecule has 0 bridgehead atoms. The van der Waals surface area contributed by atoms with Crippen LogP contribution < -0.4 is 4.90 Å². The molecule has 1 saturated carbocycles. The SMILES string of the molecule is CC(C)(C)OC(=O)N1C(=O)[C@]2(c3cc(Cl)ccc31)C([N+](=O)[O-])[C@@H]2c1ccccc1. The zero-order valence-corrected chi connectivity index (χ0v) is 16.8. The molecule has 2 amide bonds. The van der Waals surface area contributed by atoms with Gasteiger partial charge in [-0.25, -0.2) is 9.69 Å². The number of amides is 2. The Labute approximate surface area is 172 Å². The molecule has 0 saturated heterocycles. The van der Waals surface area contributed by atoms with Crippen molar-refractivity contribution in [3.63, 3.8) is 0 Å². The van der Waals surface area contributed by atoms with E-state index in [2.05, 4.69) is 0 Å². The summed E-state index contributed by atoms with van der Waals surface area (Å²) in [7, 11) is 0. The number of nitrogens with zero attached hydrogens (tertiary/aromatic N) is 2. The lowest BCUT2D eigenvalue weighted by atomic mass is 9.92. The minimum absolute atomic E-state index is 0.277. The number of hydrogen-bond donors (Lipinski definition) is 0. The molecule has 4 rings (SSSR count). The highest BCUT2D eigenvalue weighted by Gasteiger charge is 2.83. The van der Waals surface area contributed by atoms with Crippen LogP contribution >= 0.6 is 11.6 Å². The minimum atomic E-state index is -1.48. The first-order valence-corrected chi connectivity index (χ1v) is 9.53. The van der Waals surface area contributed by atoms with Crippen molar-refractivity contribution in [3.05, 3.63) is 74.8 Å². The fourth-order valence-electron chi connectivity index (χ4n) is 4.28. The molecule has 0 radical (unpaired) electrons. The minimum Gasteiger partial charge on any atom is -0.443 e. The molecule has 0 aromatic heterocycles. The molecule has 150 valence electrons. The van der Waals surface area contributed by atoms with Crippen LogP contribution in [0.5, 0.6) is 0 Å². The zero-order valence-electron chi connectivity index (χ0n) is 16.1. The Morgan fingerprint density at radius 3 is 2.45 bits per heavy atom. The Morgan fingerprint density at radius 1 is 1.21 bits per heavy atom. The first kappa shape index (κ1) is 19.4. The Balaban J connectivity index is 1.89. The summed E-state index contributed by atoms with van der Waals surface area (Å²) in [5.41, 5.74) is -0.984. The number of hydrogen-bond acceptors (Lipinski definition) is 5. The fourth-order valence-corrected chi connectivity index (χ4v) is 4.45. The number of benzene rings is 2. The molecule has 1 aliphatic carbocycles. The van der Waals surface area contributed by atoms with Gasteiger partial charge in [0.05, 0.1) is 11.6 Å². The van der Waals surface area contributed by atoms with Crippen LogP contribution in [0.4, 0.5) is 10.5 Å². The number of halogens is 1. The third-order valence-electron chi connectivity index (χ3n) is 5.33. The first-order chi connectivity index (χ1) is 13.6. The largest absolute Gasteiger partial charge is 0.443 e. The molecule has 1 fully saturated rings. The first-order valence-electron chi connectivity index (χ1n) is 9.15. The van der Waals surface area contributed by atoms with E-state index in [1.807, 2.05) is 0 Å². The monoisotopic (exact) mass is 414 g/mol. The number of fused-ring (bicyclic) bond motifs is 2. The van der Waals surface area contributed by atoms with Crippen LogP contribution in [0.3, 0.4) is 0 Å². The second-order valence-electron chi connectivity index (χ2n) is 8.27. The van der Waals surface area contributed by atoms with Gasteiger partial charge in [-0.3, -0.25) is 14.9 Å². The quantitative estimate of drug-likeness (QED) is 0.539. The maximum atomic E-state index is 13.6. The van der Waals surface area contributed by atoms with Gasteiger partial charge in [-0.1, -0.05) is 41.9 Å². The van der Waals surface area contributed by atoms with Crippen molar-refractivity contribution in [2.75, 3.05) is 4.90 Å². The van der Waals surface area contributed by atoms with Gasteiger partial charge in [0.25, 0.3) is 5.91 Å². The topological polar surface area (TPSA) is 89.8 Å². The van der Waals surface area contributed by atoms with Crippen LogP contribution in [0, 0.1) is 10.1 Å². The number of nitro groups is 1. The van der Waals surface area contributed by atoms with Gasteiger partial charge < -0.3 is 4.74 Å². The predicted octanol–water partition coefficient (Wildman–Crippen LogP) is 4.30. The molecule has 1 unspecified atom stereocenters. The van der Waals surface area contributed by atoms with Gasteiger partial charge in [0, 0.05) is 15.5 Å². The van der Waals surface area contributed by atoms with Crippen molar-refractivity contribution in [1.82, 2.24) is 0 Å². The molecular formula is C21H19ClN2O5. The lowest BCUT2D eigenvalue weighted by molar-refractivity contribution is -0.499. The van der Waals surface area contributed by atoms with Crippen molar-refractivity contribution in [3.8, 4) is 0 Å². The van der Waals surface area contributed by atoms with E-state index in [1.165, 1.54) is 6.07 Å². The molecule has 1 aliphatic heterocycles. The van der Waals surface area contributed by atoms with Gasteiger partial charge in [-0.2, -0.15) is 0 Å². The van der Waals surface area contributed by atoms with Crippen LogP contribution in [-0.2, 0) is 14.9 Å². The zero-order chi connectivity index (χ0) is 21.1. The normalized spacial score (nSPS) is 25.1. The third-order valence-corrected chi connectivity index (χ3v) is 5.56. The average Bonchev–Trinajstić information content (AvgIpc) is 3.27. The molecule has 1 spiro atoms. The summed E-state index contributed by atoms with van der Waals surface area (Å²) in [6.45, 7) is 5.06. The van der Waals surface area contributed by atoms with E-state index in [-0.39, 0.29) is 5.69 Å². The molecule has 7 nitrogen and oxygen atoms in total. The van der Waals surface area contributed by atoms with Crippen LogP contribution in [-0.4, -0.2) is 28.6 Å². The van der Waals surface area contributed by atoms with E-state index < -0.39 is 39.9 Å². The van der Waals surface area contributed by atoms with Crippen molar-refractivity contribution < 1.29 is 19.2 Å². The van der Waals surface area contributed by atoms with Crippen LogP contribution in [0.1, 0.15) is 37.8 Å². The van der Waals surface area contributed by atoms with E-state index in [1.54, 1.807) is 63.2 Å². The summed E-state index contributed by atoms with van der Waals surface area (Å²) in [5, 5.41) is 12.3. The molecular weight excluding hydrogens is 396 g/mol. The molecule has 2 aromatic rings. The molecule has 29 heavy (non-hydrogen) atoms. The summed E-state index contributed by atoms with van der Waals surface area (Å²) in [4.78, 5) is 38.8. The lowest BCUT2D eigenvalue weighted by Gasteiger charge is -2.24. The van der Waals surface area contributed by atoms with E-state index in [9.17, 15) is 19.7 Å². The maximum Gasteiger partial charge on any atom is 0.421 e. The smallest absolute Gasteiger partial charge is 0.421 e. The summed E-state index contributed by atoms with van der Waals surface area (Å²) >= 11 is 6.17. The summed E-state index contributed by atoms with van der Waals surface area (Å²) in [6, 6.07) is 12.3. The number of imide groups is 1. The van der Waals surface area contributed by atoms with Gasteiger partial charge in [0.2, 0.25) is 6.04 Å². The van der Waals surface area contributed by atoms with E-state index in [0.29, 0.717) is 16.1 Å². The maximum absolute atomic E-state index is 13.6. The molecule has 2 aliphatic rings. The number of rotatable bonds is 2. The standard InChI is InChI=1S/C21H19ClN2O5/c1-20(2,3)29-19(26)23-15-10-9-13(22)11-14(15)21(18(23)25)16(17(21)24(27)28)12-7-5-4-6-8-12/h4-11,16-17H,1-3H3/t16-,17?,21-/m0/s1. The number of ether oxygens (including phenoxy) is 1. The van der Waals surface area contributed by atoms with Gasteiger partial charge in [0.1, 0.15) is 5.60 Å². The lowest BCUT2D eigenvalue weighted by Crippen LogP contribution is -2.42. The Bertz CT molecular complexity index is 1030. The summed E-state index contributed by atoms with van der Waals surface area (Å²) in [5.74, 6) is -1.35. The number of carbonyl (C=O) groups excluding carboxylic acids is 2. The van der Waals surface area contributed by atoms with Crippen LogP contribution in [0.25, 0.3) is 0 Å². The van der Waals surface area contributed by atoms with Gasteiger partial charge in [-0.15, -0.1) is 0 Å². The molecule has 0 N–H and O–H groups in total. The number of anilines is 1. The molecule has 2 aromatic carbocycles. The number of carbonyl (C=O) groups is 2. The van der Waals surface area contributed by atoms with Gasteiger partial charge in [0.15, 0.2) is 5.41 Å². The molecule has 1 heterocycles. The molecule has 8 heteroatoms. The van der Waals surface area contributed by atoms with E-state index in [4.69, 9.17) is 16.3 Å². The summed E-state index contributed by atoms with van der Waals surface area (Å²) < 4.78 is 5.40. The average molecular weight is 415 g/mol. The van der Waals surface area contributed by atoms with Crippen LogP contribution in [0.15, 0.2) is 48.5 Å². The van der Waals surface area contributed by atoms with E-state index >= 15 is 0 Å². The summed E-state index contributed by atoms with van der Waals surface area (Å²) in [6.07, 6.45) is -0.858. The predicted molar refractivity (Wildman–Crippen MR) is 107 cm³/mol. The van der Waals surface area contributed by atoms with Crippen LogP contribution in [0.2, 0.25) is 5.02 Å². The van der Waals surface area contributed by atoms with Gasteiger partial charge in [-0.05, 0) is 44.5 Å². The Hall–Kier alpha value is -2.93. The van der Waals surface area contributed by atoms with E-state index in [0.717, 1.165) is 4.90 Å². The fraction of sp³-hybridized carbons (Fsp3) is 0.333. The highest BCUT2D eigenvalue weighted by atomic mass is 35.5. The third kappa shape index (κ3) is 2.80.